The molecule has 0 aromatic heterocycles. The zero-order valence-electron chi connectivity index (χ0n) is 14.0. The zero-order valence-corrected chi connectivity index (χ0v) is 14.0. The molecule has 0 saturated carbocycles. The molecule has 24 heavy (non-hydrogen) atoms. The molecule has 0 radical (unpaired) electrons. The smallest absolute Gasteiger partial charge is 0.338 e. The highest BCUT2D eigenvalue weighted by Crippen LogP contribution is 2.40. The molecule has 0 aromatic carbocycles. The van der Waals surface area contributed by atoms with Crippen molar-refractivity contribution < 1.29 is 29.3 Å². The van der Waals surface area contributed by atoms with Crippen LogP contribution in [0.2, 0.25) is 0 Å². The molecule has 0 saturated heterocycles. The molecule has 1 atom stereocenters. The van der Waals surface area contributed by atoms with Crippen LogP contribution in [0.5, 0.6) is 0 Å². The van der Waals surface area contributed by atoms with Gasteiger partial charge in [0.15, 0.2) is 0 Å². The summed E-state index contributed by atoms with van der Waals surface area (Å²) in [6.45, 7) is 5.61. The summed E-state index contributed by atoms with van der Waals surface area (Å²) < 4.78 is 10.1. The maximum absolute atomic E-state index is 11.3. The van der Waals surface area contributed by atoms with E-state index in [1.54, 1.807) is 13.0 Å². The summed E-state index contributed by atoms with van der Waals surface area (Å²) >= 11 is 0. The average molecular weight is 334 g/mol. The van der Waals surface area contributed by atoms with Crippen LogP contribution in [0, 0.1) is 5.41 Å². The Hall–Kier alpha value is -2.50. The minimum atomic E-state index is -1.18. The molecule has 1 aliphatic heterocycles. The van der Waals surface area contributed by atoms with Gasteiger partial charge in [0.1, 0.15) is 6.26 Å². The van der Waals surface area contributed by atoms with Gasteiger partial charge in [0.25, 0.3) is 6.29 Å². The second kappa shape index (κ2) is 6.95. The van der Waals surface area contributed by atoms with E-state index in [4.69, 9.17) is 9.47 Å². The maximum atomic E-state index is 11.3. The highest BCUT2D eigenvalue weighted by molar-refractivity contribution is 5.90. The van der Waals surface area contributed by atoms with Crippen molar-refractivity contribution in [1.29, 1.82) is 0 Å². The van der Waals surface area contributed by atoms with E-state index in [1.165, 1.54) is 12.2 Å². The standard InChI is InChI=1S/C18H22O6/c1-11-9-15(24-17(11)22)23-10-12(16(20)21)6-7-13-14(19)5-4-8-18(13,2)3/h6-7,9-10,15,19H,4-5,8H2,1-3H3,(H,20,21)/b7-6+,12-10+. The van der Waals surface area contributed by atoms with Gasteiger partial charge in [0, 0.05) is 18.1 Å². The number of carboxylic acids is 1. The summed E-state index contributed by atoms with van der Waals surface area (Å²) in [5.41, 5.74) is 0.818. The number of allylic oxidation sites excluding steroid dienone is 3. The number of cyclic esters (lactones) is 1. The second-order valence-electron chi connectivity index (χ2n) is 6.57. The van der Waals surface area contributed by atoms with Gasteiger partial charge in [-0.05, 0) is 36.8 Å². The molecule has 0 fully saturated rings. The number of aliphatic hydroxyl groups is 1. The normalized spacial score (nSPS) is 24.1. The fourth-order valence-electron chi connectivity index (χ4n) is 2.73. The summed E-state index contributed by atoms with van der Waals surface area (Å²) in [4.78, 5) is 22.6. The van der Waals surface area contributed by atoms with Crippen LogP contribution in [0.15, 0.2) is 47.0 Å². The molecular weight excluding hydrogens is 312 g/mol. The van der Waals surface area contributed by atoms with Gasteiger partial charge in [-0.15, -0.1) is 0 Å². The lowest BCUT2D eigenvalue weighted by Gasteiger charge is -2.31. The van der Waals surface area contributed by atoms with E-state index in [0.717, 1.165) is 24.7 Å². The van der Waals surface area contributed by atoms with Crippen LogP contribution < -0.4 is 0 Å². The fourth-order valence-corrected chi connectivity index (χ4v) is 2.73. The van der Waals surface area contributed by atoms with Crippen molar-refractivity contribution in [2.75, 3.05) is 0 Å². The first-order valence-electron chi connectivity index (χ1n) is 7.80. The number of rotatable bonds is 5. The molecule has 0 bridgehead atoms. The van der Waals surface area contributed by atoms with Crippen molar-refractivity contribution in [2.45, 2.75) is 46.3 Å². The Morgan fingerprint density at radius 3 is 2.71 bits per heavy atom. The number of aliphatic hydroxyl groups excluding tert-OH is 1. The van der Waals surface area contributed by atoms with Gasteiger partial charge in [0.05, 0.1) is 11.3 Å². The Bertz CT molecular complexity index is 663. The highest BCUT2D eigenvalue weighted by Gasteiger charge is 2.28. The number of carbonyl (C=O) groups is 2. The van der Waals surface area contributed by atoms with Crippen molar-refractivity contribution in [3.63, 3.8) is 0 Å². The Morgan fingerprint density at radius 2 is 2.17 bits per heavy atom. The van der Waals surface area contributed by atoms with Crippen LogP contribution in [0.3, 0.4) is 0 Å². The quantitative estimate of drug-likeness (QED) is 0.346. The topological polar surface area (TPSA) is 93.1 Å². The molecular formula is C18H22O6. The Morgan fingerprint density at radius 1 is 1.46 bits per heavy atom. The minimum absolute atomic E-state index is 0.106. The number of carboxylic acid groups (broad SMARTS) is 1. The first-order chi connectivity index (χ1) is 11.2. The van der Waals surface area contributed by atoms with Crippen LogP contribution >= 0.6 is 0 Å². The molecule has 2 aliphatic rings. The van der Waals surface area contributed by atoms with Crippen molar-refractivity contribution in [3.05, 3.63) is 47.0 Å². The largest absolute Gasteiger partial charge is 0.512 e. The lowest BCUT2D eigenvalue weighted by molar-refractivity contribution is -0.152. The summed E-state index contributed by atoms with van der Waals surface area (Å²) in [5, 5.41) is 19.4. The van der Waals surface area contributed by atoms with Gasteiger partial charge in [-0.1, -0.05) is 19.9 Å². The SMILES string of the molecule is CC1=CC(O/C=C(\C=C\C2=C(O)CCCC2(C)C)C(=O)O)OC1=O. The van der Waals surface area contributed by atoms with Gasteiger partial charge in [-0.25, -0.2) is 9.59 Å². The molecule has 0 amide bonds. The lowest BCUT2D eigenvalue weighted by atomic mass is 9.74. The molecule has 2 rings (SSSR count). The van der Waals surface area contributed by atoms with Crippen LogP contribution in [0.25, 0.3) is 0 Å². The van der Waals surface area contributed by atoms with E-state index in [2.05, 4.69) is 0 Å². The minimum Gasteiger partial charge on any atom is -0.512 e. The Kier molecular flexibility index (Phi) is 5.17. The zero-order chi connectivity index (χ0) is 17.9. The first-order valence-corrected chi connectivity index (χ1v) is 7.80. The molecule has 6 heteroatoms. The highest BCUT2D eigenvalue weighted by atomic mass is 16.7. The van der Waals surface area contributed by atoms with Crippen molar-refractivity contribution in [2.24, 2.45) is 5.41 Å². The number of esters is 1. The number of aliphatic carboxylic acids is 1. The molecule has 130 valence electrons. The summed E-state index contributed by atoms with van der Waals surface area (Å²) in [6, 6.07) is 0. The third kappa shape index (κ3) is 4.07. The number of ether oxygens (including phenoxy) is 2. The lowest BCUT2D eigenvalue weighted by Crippen LogP contribution is -2.19. The predicted octanol–water partition coefficient (Wildman–Crippen LogP) is 3.38. The third-order valence-corrected chi connectivity index (χ3v) is 4.19. The predicted molar refractivity (Wildman–Crippen MR) is 86.9 cm³/mol. The van der Waals surface area contributed by atoms with Crippen LogP contribution in [-0.4, -0.2) is 28.4 Å². The molecule has 0 spiro atoms. The maximum Gasteiger partial charge on any atom is 0.338 e. The summed E-state index contributed by atoms with van der Waals surface area (Å²) in [6.07, 6.45) is 7.00. The fraction of sp³-hybridized carbons (Fsp3) is 0.444. The van der Waals surface area contributed by atoms with Crippen molar-refractivity contribution in [3.8, 4) is 0 Å². The molecule has 1 aliphatic carbocycles. The molecule has 2 N–H and O–H groups in total. The van der Waals surface area contributed by atoms with E-state index < -0.39 is 18.2 Å². The second-order valence-corrected chi connectivity index (χ2v) is 6.57. The Balaban J connectivity index is 2.15. The first kappa shape index (κ1) is 17.8. The van der Waals surface area contributed by atoms with Crippen molar-refractivity contribution >= 4 is 11.9 Å². The third-order valence-electron chi connectivity index (χ3n) is 4.19. The van der Waals surface area contributed by atoms with Gasteiger partial charge < -0.3 is 19.7 Å². The van der Waals surface area contributed by atoms with E-state index in [9.17, 15) is 19.8 Å². The number of hydrogen-bond acceptors (Lipinski definition) is 5. The van der Waals surface area contributed by atoms with Gasteiger partial charge >= 0.3 is 11.9 Å². The van der Waals surface area contributed by atoms with E-state index in [1.807, 2.05) is 13.8 Å². The average Bonchev–Trinajstić information content (AvgIpc) is 2.79. The van der Waals surface area contributed by atoms with Crippen LogP contribution in [-0.2, 0) is 19.1 Å². The van der Waals surface area contributed by atoms with Gasteiger partial charge in [-0.3, -0.25) is 0 Å². The van der Waals surface area contributed by atoms with Crippen LogP contribution in [0.1, 0.15) is 40.0 Å². The summed E-state index contributed by atoms with van der Waals surface area (Å²) in [7, 11) is 0. The van der Waals surface area contributed by atoms with Gasteiger partial charge in [-0.2, -0.15) is 0 Å². The summed E-state index contributed by atoms with van der Waals surface area (Å²) in [5.74, 6) is -1.37. The molecule has 6 nitrogen and oxygen atoms in total. The molecule has 1 unspecified atom stereocenters. The molecule has 1 heterocycles. The van der Waals surface area contributed by atoms with Gasteiger partial charge in [0.2, 0.25) is 0 Å². The monoisotopic (exact) mass is 334 g/mol. The number of carbonyl (C=O) groups excluding carboxylic acids is 1. The Labute approximate surface area is 140 Å². The number of hydrogen-bond donors (Lipinski definition) is 2. The van der Waals surface area contributed by atoms with E-state index in [0.29, 0.717) is 12.0 Å². The van der Waals surface area contributed by atoms with Crippen molar-refractivity contribution in [1.82, 2.24) is 0 Å². The van der Waals surface area contributed by atoms with E-state index in [-0.39, 0.29) is 16.7 Å². The van der Waals surface area contributed by atoms with E-state index >= 15 is 0 Å². The van der Waals surface area contributed by atoms with Crippen LogP contribution in [0.4, 0.5) is 0 Å². The molecule has 0 aromatic rings.